The average molecular weight is 312 g/mol. The maximum Gasteiger partial charge on any atom is 0.123 e. The van der Waals surface area contributed by atoms with Crippen molar-refractivity contribution in [1.82, 2.24) is 4.98 Å². The molecule has 3 aromatic rings. The van der Waals surface area contributed by atoms with E-state index < -0.39 is 5.97 Å². The van der Waals surface area contributed by atoms with Crippen LogP contribution in [0.2, 0.25) is 0 Å². The fourth-order valence-electron chi connectivity index (χ4n) is 2.11. The highest BCUT2D eigenvalue weighted by Gasteiger charge is 2.09. The normalized spacial score (nSPS) is 11.8. The maximum atomic E-state index is 13.0. The number of hydrogen-bond acceptors (Lipinski definition) is 4. The van der Waals surface area contributed by atoms with E-state index >= 15 is 0 Å². The summed E-state index contributed by atoms with van der Waals surface area (Å²) in [6.07, 6.45) is 1.46. The number of aliphatic carboxylic acids is 1. The van der Waals surface area contributed by atoms with Crippen molar-refractivity contribution in [3.05, 3.63) is 64.9 Å². The molecule has 0 saturated carbocycles. The van der Waals surface area contributed by atoms with Crippen LogP contribution in [0.4, 0.5) is 4.39 Å². The van der Waals surface area contributed by atoms with Gasteiger partial charge in [-0.25, -0.2) is 9.37 Å². The number of thiazole rings is 1. The lowest BCUT2D eigenvalue weighted by atomic mass is 10.1. The van der Waals surface area contributed by atoms with Crippen LogP contribution in [0.3, 0.4) is 0 Å². The number of benzene rings is 2. The van der Waals surface area contributed by atoms with Gasteiger partial charge >= 0.3 is 0 Å². The van der Waals surface area contributed by atoms with Crippen molar-refractivity contribution in [2.45, 2.75) is 6.42 Å². The predicted octanol–water partition coefficient (Wildman–Crippen LogP) is 3.12. The number of fused-ring (bicyclic) bond motifs is 1. The molecule has 0 aliphatic rings. The van der Waals surface area contributed by atoms with Crippen molar-refractivity contribution < 1.29 is 14.3 Å². The third kappa shape index (κ3) is 3.20. The van der Waals surface area contributed by atoms with E-state index in [9.17, 15) is 14.3 Å². The molecule has 0 unspecified atom stereocenters. The van der Waals surface area contributed by atoms with Crippen LogP contribution in [0, 0.1) is 5.82 Å². The summed E-state index contributed by atoms with van der Waals surface area (Å²) in [6.45, 7) is 0. The number of carboxylic acids is 1. The molecule has 0 radical (unpaired) electrons. The van der Waals surface area contributed by atoms with E-state index in [4.69, 9.17) is 0 Å². The Bertz CT molecular complexity index is 819. The molecule has 3 rings (SSSR count). The lowest BCUT2D eigenvalue weighted by Gasteiger charge is -2.05. The first kappa shape index (κ1) is 14.4. The SMILES string of the molecule is O=C([O-])C/C(=C\c1ccc(F)cc1)c1nc2ccccc2s1. The van der Waals surface area contributed by atoms with Crippen molar-refractivity contribution >= 4 is 39.2 Å². The monoisotopic (exact) mass is 312 g/mol. The molecule has 0 spiro atoms. The van der Waals surface area contributed by atoms with Gasteiger partial charge in [0.25, 0.3) is 0 Å². The molecule has 2 aromatic carbocycles. The van der Waals surface area contributed by atoms with Gasteiger partial charge < -0.3 is 9.90 Å². The fraction of sp³-hybridized carbons (Fsp3) is 0.0588. The van der Waals surface area contributed by atoms with Crippen LogP contribution in [-0.4, -0.2) is 11.0 Å². The molecule has 1 aromatic heterocycles. The van der Waals surface area contributed by atoms with Gasteiger partial charge in [-0.2, -0.15) is 0 Å². The van der Waals surface area contributed by atoms with Gasteiger partial charge in [0, 0.05) is 12.4 Å². The third-order valence-electron chi connectivity index (χ3n) is 3.11. The number of aromatic nitrogens is 1. The molecule has 0 aliphatic heterocycles. The van der Waals surface area contributed by atoms with Gasteiger partial charge in [-0.15, -0.1) is 11.3 Å². The van der Waals surface area contributed by atoms with Crippen LogP contribution < -0.4 is 5.11 Å². The molecule has 0 saturated heterocycles. The van der Waals surface area contributed by atoms with Gasteiger partial charge in [0.1, 0.15) is 10.8 Å². The molecule has 22 heavy (non-hydrogen) atoms. The Morgan fingerprint density at radius 2 is 1.91 bits per heavy atom. The first-order valence-corrected chi connectivity index (χ1v) is 7.45. The van der Waals surface area contributed by atoms with Crippen molar-refractivity contribution in [3.8, 4) is 0 Å². The third-order valence-corrected chi connectivity index (χ3v) is 4.23. The first-order valence-electron chi connectivity index (χ1n) is 6.64. The van der Waals surface area contributed by atoms with Crippen LogP contribution in [0.25, 0.3) is 21.9 Å². The smallest absolute Gasteiger partial charge is 0.123 e. The summed E-state index contributed by atoms with van der Waals surface area (Å²) in [5.41, 5.74) is 2.09. The number of para-hydroxylation sites is 1. The summed E-state index contributed by atoms with van der Waals surface area (Å²) in [6, 6.07) is 13.5. The molecule has 0 N–H and O–H groups in total. The van der Waals surface area contributed by atoms with Gasteiger partial charge in [-0.05, 0) is 41.5 Å². The van der Waals surface area contributed by atoms with Crippen LogP contribution in [0.5, 0.6) is 0 Å². The lowest BCUT2D eigenvalue weighted by molar-refractivity contribution is -0.304. The first-order chi connectivity index (χ1) is 10.6. The van der Waals surface area contributed by atoms with Crippen LogP contribution in [0.15, 0.2) is 48.5 Å². The highest BCUT2D eigenvalue weighted by molar-refractivity contribution is 7.19. The second kappa shape index (κ2) is 6.07. The van der Waals surface area contributed by atoms with E-state index in [-0.39, 0.29) is 12.2 Å². The summed E-state index contributed by atoms with van der Waals surface area (Å²) < 4.78 is 13.9. The molecule has 1 heterocycles. The van der Waals surface area contributed by atoms with Crippen molar-refractivity contribution in [2.24, 2.45) is 0 Å². The van der Waals surface area contributed by atoms with E-state index in [0.717, 1.165) is 15.8 Å². The summed E-state index contributed by atoms with van der Waals surface area (Å²) in [5.74, 6) is -1.51. The Balaban J connectivity index is 2.05. The van der Waals surface area contributed by atoms with E-state index in [1.54, 1.807) is 18.2 Å². The van der Waals surface area contributed by atoms with E-state index in [0.29, 0.717) is 10.6 Å². The molecular weight excluding hydrogens is 301 g/mol. The Kier molecular flexibility index (Phi) is 3.98. The number of rotatable bonds is 4. The van der Waals surface area contributed by atoms with Gasteiger partial charge in [0.2, 0.25) is 0 Å². The predicted molar refractivity (Wildman–Crippen MR) is 83.5 cm³/mol. The highest BCUT2D eigenvalue weighted by Crippen LogP contribution is 2.30. The van der Waals surface area contributed by atoms with Crippen molar-refractivity contribution in [1.29, 1.82) is 0 Å². The standard InChI is InChI=1S/C17H12FNO2S/c18-13-7-5-11(6-8-13)9-12(10-16(20)21)17-19-14-3-1-2-4-15(14)22-17/h1-9H,10H2,(H,20,21)/p-1/b12-9+. The zero-order chi connectivity index (χ0) is 15.5. The molecule has 0 amide bonds. The minimum Gasteiger partial charge on any atom is -0.550 e. The van der Waals surface area contributed by atoms with Crippen LogP contribution >= 0.6 is 11.3 Å². The molecular formula is C17H11FNO2S-. The second-order valence-electron chi connectivity index (χ2n) is 4.76. The van der Waals surface area contributed by atoms with Gasteiger partial charge in [-0.1, -0.05) is 24.3 Å². The van der Waals surface area contributed by atoms with Crippen LogP contribution in [-0.2, 0) is 4.79 Å². The molecule has 0 bridgehead atoms. The largest absolute Gasteiger partial charge is 0.550 e. The summed E-state index contributed by atoms with van der Waals surface area (Å²) in [5, 5.41) is 11.6. The van der Waals surface area contributed by atoms with Crippen LogP contribution in [0.1, 0.15) is 17.0 Å². The number of carboxylic acid groups (broad SMARTS) is 1. The Hall–Kier alpha value is -2.53. The summed E-state index contributed by atoms with van der Waals surface area (Å²) in [4.78, 5) is 15.5. The minimum atomic E-state index is -1.17. The zero-order valence-corrected chi connectivity index (χ0v) is 12.3. The number of halogens is 1. The Labute approximate surface area is 130 Å². The second-order valence-corrected chi connectivity index (χ2v) is 5.79. The maximum absolute atomic E-state index is 13.0. The Morgan fingerprint density at radius 3 is 2.59 bits per heavy atom. The van der Waals surface area contributed by atoms with Gasteiger partial charge in [0.05, 0.1) is 10.2 Å². The number of hydrogen-bond donors (Lipinski definition) is 0. The Morgan fingerprint density at radius 1 is 1.18 bits per heavy atom. The number of carbonyl (C=O) groups excluding carboxylic acids is 1. The minimum absolute atomic E-state index is 0.239. The van der Waals surface area contributed by atoms with Crippen molar-refractivity contribution in [2.75, 3.05) is 0 Å². The molecule has 0 aliphatic carbocycles. The van der Waals surface area contributed by atoms with E-state index in [2.05, 4.69) is 4.98 Å². The highest BCUT2D eigenvalue weighted by atomic mass is 32.1. The topological polar surface area (TPSA) is 53.0 Å². The van der Waals surface area contributed by atoms with Gasteiger partial charge in [-0.3, -0.25) is 0 Å². The molecule has 0 atom stereocenters. The number of nitrogens with zero attached hydrogens (tertiary/aromatic N) is 1. The molecule has 0 fully saturated rings. The lowest BCUT2D eigenvalue weighted by Crippen LogP contribution is -2.22. The molecule has 110 valence electrons. The molecule has 3 nitrogen and oxygen atoms in total. The zero-order valence-electron chi connectivity index (χ0n) is 11.5. The fourth-order valence-corrected chi connectivity index (χ4v) is 3.09. The van der Waals surface area contributed by atoms with Crippen molar-refractivity contribution in [3.63, 3.8) is 0 Å². The summed E-state index contributed by atoms with van der Waals surface area (Å²) in [7, 11) is 0. The summed E-state index contributed by atoms with van der Waals surface area (Å²) >= 11 is 1.43. The quantitative estimate of drug-likeness (QED) is 0.744. The average Bonchev–Trinajstić information content (AvgIpc) is 2.92. The van der Waals surface area contributed by atoms with E-state index in [1.807, 2.05) is 24.3 Å². The van der Waals surface area contributed by atoms with Gasteiger partial charge in [0.15, 0.2) is 0 Å². The molecule has 5 heteroatoms. The number of carbonyl (C=O) groups is 1. The van der Waals surface area contributed by atoms with E-state index in [1.165, 1.54) is 23.5 Å².